The van der Waals surface area contributed by atoms with E-state index in [9.17, 15) is 4.79 Å². The Hall–Kier alpha value is -3.00. The number of hydrogen-bond donors (Lipinski definition) is 1. The standard InChI is InChI=1S/C25H21ClN4OS2/c1-3-16-8-10-17(11-9-16)21-14-32-25(27-21)28-23(31)22-12-19-15(2)29-30(24(19)33-22)13-18-6-4-5-7-20(18)26/h4-12,14H,3,13H2,1-2H3,(H,27,28,31). The van der Waals surface area contributed by atoms with Crippen LogP contribution in [0.5, 0.6) is 0 Å². The number of amides is 1. The summed E-state index contributed by atoms with van der Waals surface area (Å²) in [4.78, 5) is 19.1. The molecular weight excluding hydrogens is 472 g/mol. The molecule has 5 aromatic rings. The molecule has 33 heavy (non-hydrogen) atoms. The largest absolute Gasteiger partial charge is 0.297 e. The van der Waals surface area contributed by atoms with Crippen molar-refractivity contribution >= 4 is 55.5 Å². The molecule has 5 nitrogen and oxygen atoms in total. The molecule has 1 amide bonds. The molecule has 0 atom stereocenters. The molecule has 0 aliphatic carbocycles. The van der Waals surface area contributed by atoms with E-state index in [1.54, 1.807) is 0 Å². The van der Waals surface area contributed by atoms with Crippen molar-refractivity contribution in [2.45, 2.75) is 26.8 Å². The van der Waals surface area contributed by atoms with Gasteiger partial charge in [0, 0.05) is 21.4 Å². The summed E-state index contributed by atoms with van der Waals surface area (Å²) in [6.07, 6.45) is 1.00. The zero-order chi connectivity index (χ0) is 22.9. The normalized spacial score (nSPS) is 11.2. The molecule has 2 aromatic carbocycles. The number of halogens is 1. The number of hydrogen-bond acceptors (Lipinski definition) is 5. The van der Waals surface area contributed by atoms with E-state index in [4.69, 9.17) is 11.6 Å². The van der Waals surface area contributed by atoms with Gasteiger partial charge >= 0.3 is 0 Å². The van der Waals surface area contributed by atoms with Crippen LogP contribution in [0.1, 0.15) is 33.4 Å². The summed E-state index contributed by atoms with van der Waals surface area (Å²) in [6, 6.07) is 18.0. The van der Waals surface area contributed by atoms with E-state index >= 15 is 0 Å². The zero-order valence-electron chi connectivity index (χ0n) is 18.1. The summed E-state index contributed by atoms with van der Waals surface area (Å²) in [5, 5.41) is 11.8. The van der Waals surface area contributed by atoms with Gasteiger partial charge in [-0.2, -0.15) is 5.10 Å². The molecule has 5 rings (SSSR count). The smallest absolute Gasteiger partial charge is 0.267 e. The summed E-state index contributed by atoms with van der Waals surface area (Å²) in [7, 11) is 0. The highest BCUT2D eigenvalue weighted by Crippen LogP contribution is 2.31. The molecule has 166 valence electrons. The highest BCUT2D eigenvalue weighted by atomic mass is 35.5. The Kier molecular flexibility index (Phi) is 6.01. The Bertz CT molecular complexity index is 1450. The van der Waals surface area contributed by atoms with Crippen LogP contribution in [0.3, 0.4) is 0 Å². The van der Waals surface area contributed by atoms with E-state index in [2.05, 4.69) is 46.6 Å². The number of carbonyl (C=O) groups excluding carboxylic acids is 1. The summed E-state index contributed by atoms with van der Waals surface area (Å²) in [5.74, 6) is -0.165. The summed E-state index contributed by atoms with van der Waals surface area (Å²) in [6.45, 7) is 4.64. The van der Waals surface area contributed by atoms with Crippen LogP contribution in [-0.2, 0) is 13.0 Å². The first-order chi connectivity index (χ1) is 16.0. The molecule has 0 aliphatic heterocycles. The molecule has 0 spiro atoms. The number of anilines is 1. The average Bonchev–Trinajstić information content (AvgIpc) is 3.53. The van der Waals surface area contributed by atoms with Gasteiger partial charge in [0.15, 0.2) is 5.13 Å². The fourth-order valence-electron chi connectivity index (χ4n) is 3.65. The molecule has 1 N–H and O–H groups in total. The second kappa shape index (κ2) is 9.09. The van der Waals surface area contributed by atoms with E-state index in [1.165, 1.54) is 28.2 Å². The molecule has 3 aromatic heterocycles. The highest BCUT2D eigenvalue weighted by molar-refractivity contribution is 7.20. The van der Waals surface area contributed by atoms with Gasteiger partial charge in [0.05, 0.1) is 22.8 Å². The summed E-state index contributed by atoms with van der Waals surface area (Å²) in [5.41, 5.74) is 5.07. The first kappa shape index (κ1) is 21.8. The van der Waals surface area contributed by atoms with Gasteiger partial charge in [-0.3, -0.25) is 14.8 Å². The van der Waals surface area contributed by atoms with Crippen molar-refractivity contribution < 1.29 is 4.79 Å². The van der Waals surface area contributed by atoms with E-state index in [0.717, 1.165) is 39.2 Å². The van der Waals surface area contributed by atoms with E-state index in [-0.39, 0.29) is 5.91 Å². The average molecular weight is 493 g/mol. The van der Waals surface area contributed by atoms with Crippen molar-refractivity contribution in [2.24, 2.45) is 0 Å². The third kappa shape index (κ3) is 4.44. The number of aromatic nitrogens is 3. The molecule has 0 saturated heterocycles. The lowest BCUT2D eigenvalue weighted by Crippen LogP contribution is -2.10. The fraction of sp³-hybridized carbons (Fsp3) is 0.160. The Morgan fingerprint density at radius 2 is 1.94 bits per heavy atom. The third-order valence-electron chi connectivity index (χ3n) is 5.49. The van der Waals surface area contributed by atoms with Gasteiger partial charge in [-0.1, -0.05) is 61.0 Å². The van der Waals surface area contributed by atoms with Gasteiger partial charge in [0.1, 0.15) is 4.83 Å². The number of carbonyl (C=O) groups is 1. The van der Waals surface area contributed by atoms with Crippen molar-refractivity contribution in [3.8, 4) is 11.3 Å². The van der Waals surface area contributed by atoms with Crippen molar-refractivity contribution in [3.05, 3.63) is 86.7 Å². The van der Waals surface area contributed by atoms with Crippen LogP contribution in [-0.4, -0.2) is 20.7 Å². The van der Waals surface area contributed by atoms with Crippen LogP contribution in [0.2, 0.25) is 5.02 Å². The first-order valence-corrected chi connectivity index (χ1v) is 12.7. The Morgan fingerprint density at radius 1 is 1.15 bits per heavy atom. The van der Waals surface area contributed by atoms with Crippen LogP contribution < -0.4 is 5.32 Å². The van der Waals surface area contributed by atoms with Crippen molar-refractivity contribution in [3.63, 3.8) is 0 Å². The maximum atomic E-state index is 13.0. The van der Waals surface area contributed by atoms with Crippen molar-refractivity contribution in [1.82, 2.24) is 14.8 Å². The fourth-order valence-corrected chi connectivity index (χ4v) is 5.62. The minimum atomic E-state index is -0.165. The van der Waals surface area contributed by atoms with Gasteiger partial charge in [-0.25, -0.2) is 4.98 Å². The summed E-state index contributed by atoms with van der Waals surface area (Å²) < 4.78 is 1.91. The minimum Gasteiger partial charge on any atom is -0.297 e. The second-order valence-corrected chi connectivity index (χ2v) is 10.0. The van der Waals surface area contributed by atoms with E-state index in [0.29, 0.717) is 21.6 Å². The van der Waals surface area contributed by atoms with Crippen LogP contribution >= 0.6 is 34.3 Å². The van der Waals surface area contributed by atoms with Gasteiger partial charge < -0.3 is 0 Å². The maximum Gasteiger partial charge on any atom is 0.267 e. The molecule has 0 bridgehead atoms. The number of thiazole rings is 1. The van der Waals surface area contributed by atoms with E-state index < -0.39 is 0 Å². The predicted octanol–water partition coefficient (Wildman–Crippen LogP) is 7.05. The molecular formula is C25H21ClN4OS2. The van der Waals surface area contributed by atoms with Crippen LogP contribution in [0.4, 0.5) is 5.13 Å². The number of nitrogens with zero attached hydrogens (tertiary/aromatic N) is 3. The highest BCUT2D eigenvalue weighted by Gasteiger charge is 2.18. The number of thiophene rings is 1. The zero-order valence-corrected chi connectivity index (χ0v) is 20.5. The quantitative estimate of drug-likeness (QED) is 0.276. The predicted molar refractivity (Wildman–Crippen MR) is 138 cm³/mol. The molecule has 0 unspecified atom stereocenters. The molecule has 0 radical (unpaired) electrons. The first-order valence-electron chi connectivity index (χ1n) is 10.6. The van der Waals surface area contributed by atoms with Crippen LogP contribution in [0, 0.1) is 6.92 Å². The van der Waals surface area contributed by atoms with Crippen molar-refractivity contribution in [2.75, 3.05) is 5.32 Å². The topological polar surface area (TPSA) is 59.8 Å². The molecule has 3 heterocycles. The van der Waals surface area contributed by atoms with Crippen molar-refractivity contribution in [1.29, 1.82) is 0 Å². The maximum absolute atomic E-state index is 13.0. The second-order valence-electron chi connectivity index (χ2n) is 7.71. The number of benzene rings is 2. The Morgan fingerprint density at radius 3 is 2.70 bits per heavy atom. The SMILES string of the molecule is CCc1ccc(-c2csc(NC(=O)c3cc4c(C)nn(Cc5ccccc5Cl)c4s3)n2)cc1. The van der Waals surface area contributed by atoms with Gasteiger partial charge in [0.25, 0.3) is 5.91 Å². The number of aryl methyl sites for hydroxylation is 2. The van der Waals surface area contributed by atoms with Gasteiger partial charge in [-0.05, 0) is 36.6 Å². The number of nitrogens with one attached hydrogen (secondary N) is 1. The third-order valence-corrected chi connectivity index (χ3v) is 7.77. The molecule has 8 heteroatoms. The monoisotopic (exact) mass is 492 g/mol. The summed E-state index contributed by atoms with van der Waals surface area (Å²) >= 11 is 9.18. The lowest BCUT2D eigenvalue weighted by atomic mass is 10.1. The molecule has 0 aliphatic rings. The Labute approximate surface area is 204 Å². The lowest BCUT2D eigenvalue weighted by Gasteiger charge is -2.05. The lowest BCUT2D eigenvalue weighted by molar-refractivity contribution is 0.103. The van der Waals surface area contributed by atoms with Gasteiger partial charge in [-0.15, -0.1) is 22.7 Å². The Balaban J connectivity index is 1.36. The number of fused-ring (bicyclic) bond motifs is 1. The van der Waals surface area contributed by atoms with Crippen LogP contribution in [0.15, 0.2) is 60.0 Å². The minimum absolute atomic E-state index is 0.165. The molecule has 0 fully saturated rings. The molecule has 0 saturated carbocycles. The van der Waals surface area contributed by atoms with Crippen LogP contribution in [0.25, 0.3) is 21.5 Å². The number of rotatable bonds is 6. The van der Waals surface area contributed by atoms with Gasteiger partial charge in [0.2, 0.25) is 0 Å². The van der Waals surface area contributed by atoms with E-state index in [1.807, 2.05) is 47.3 Å².